The van der Waals surface area contributed by atoms with Crippen LogP contribution in [0.5, 0.6) is 5.75 Å². The van der Waals surface area contributed by atoms with Crippen LogP contribution in [0.1, 0.15) is 19.4 Å². The fraction of sp³-hybridized carbons (Fsp3) is 0.333. The van der Waals surface area contributed by atoms with Crippen LogP contribution in [0.4, 0.5) is 0 Å². The van der Waals surface area contributed by atoms with E-state index in [1.807, 2.05) is 0 Å². The largest absolute Gasteiger partial charge is 0.489 e. The third-order valence-electron chi connectivity index (χ3n) is 3.21. The van der Waals surface area contributed by atoms with Crippen molar-refractivity contribution in [3.8, 4) is 5.75 Å². The summed E-state index contributed by atoms with van der Waals surface area (Å²) in [6.07, 6.45) is 1.78. The van der Waals surface area contributed by atoms with Gasteiger partial charge >= 0.3 is 0 Å². The maximum atomic E-state index is 5.79. The molecule has 2 heteroatoms. The highest BCUT2D eigenvalue weighted by atomic mass is 16.5. The Bertz CT molecular complexity index is 575. The van der Waals surface area contributed by atoms with Gasteiger partial charge in [-0.2, -0.15) is 0 Å². The van der Waals surface area contributed by atoms with Gasteiger partial charge in [0.2, 0.25) is 0 Å². The van der Waals surface area contributed by atoms with Crippen LogP contribution in [0.2, 0.25) is 0 Å². The molecule has 0 heterocycles. The summed E-state index contributed by atoms with van der Waals surface area (Å²) >= 11 is 0. The Morgan fingerprint density at radius 2 is 2.00 bits per heavy atom. The number of benzene rings is 2. The molecule has 2 aromatic rings. The van der Waals surface area contributed by atoms with Crippen molar-refractivity contribution < 1.29 is 4.74 Å². The van der Waals surface area contributed by atoms with E-state index in [1.54, 1.807) is 6.08 Å². The van der Waals surface area contributed by atoms with E-state index in [-0.39, 0.29) is 0 Å². The molecule has 0 saturated heterocycles. The third kappa shape index (κ3) is 3.61. The lowest BCUT2D eigenvalue weighted by molar-refractivity contribution is 0.358. The molecule has 0 aromatic heterocycles. The summed E-state index contributed by atoms with van der Waals surface area (Å²) in [5.74, 6) is 1.59. The lowest BCUT2D eigenvalue weighted by atomic mass is 10.0. The normalized spacial score (nSPS) is 10.9. The van der Waals surface area contributed by atoms with Crippen molar-refractivity contribution in [2.45, 2.75) is 20.4 Å². The van der Waals surface area contributed by atoms with Crippen molar-refractivity contribution >= 4 is 10.8 Å². The predicted octanol–water partition coefficient (Wildman–Crippen LogP) is 4.15. The SMILES string of the molecule is C=CCOc1ccc2ccccc2c1CNCC(C)C. The van der Waals surface area contributed by atoms with Crippen molar-refractivity contribution in [2.75, 3.05) is 13.2 Å². The molecule has 106 valence electrons. The minimum atomic E-state index is 0.537. The molecule has 0 radical (unpaired) electrons. The predicted molar refractivity (Wildman–Crippen MR) is 86.2 cm³/mol. The summed E-state index contributed by atoms with van der Waals surface area (Å²) in [7, 11) is 0. The molecule has 20 heavy (non-hydrogen) atoms. The van der Waals surface area contributed by atoms with E-state index >= 15 is 0 Å². The zero-order valence-electron chi connectivity index (χ0n) is 12.4. The van der Waals surface area contributed by atoms with Crippen LogP contribution in [-0.2, 0) is 6.54 Å². The summed E-state index contributed by atoms with van der Waals surface area (Å²) in [4.78, 5) is 0. The maximum absolute atomic E-state index is 5.79. The second-order valence-electron chi connectivity index (χ2n) is 5.39. The molecule has 0 unspecified atom stereocenters. The summed E-state index contributed by atoms with van der Waals surface area (Å²) in [5.41, 5.74) is 1.23. The fourth-order valence-corrected chi connectivity index (χ4v) is 2.27. The zero-order valence-corrected chi connectivity index (χ0v) is 12.4. The average molecular weight is 269 g/mol. The van der Waals surface area contributed by atoms with Gasteiger partial charge in [-0.05, 0) is 29.3 Å². The van der Waals surface area contributed by atoms with E-state index in [1.165, 1.54) is 16.3 Å². The first-order chi connectivity index (χ1) is 9.72. The number of ether oxygens (including phenoxy) is 1. The highest BCUT2D eigenvalue weighted by molar-refractivity contribution is 5.87. The molecule has 0 aliphatic rings. The molecule has 0 aliphatic carbocycles. The van der Waals surface area contributed by atoms with Crippen molar-refractivity contribution in [3.05, 3.63) is 54.6 Å². The molecule has 1 N–H and O–H groups in total. The number of fused-ring (bicyclic) bond motifs is 1. The molecule has 0 saturated carbocycles. The van der Waals surface area contributed by atoms with E-state index in [9.17, 15) is 0 Å². The van der Waals surface area contributed by atoms with E-state index in [4.69, 9.17) is 4.74 Å². The van der Waals surface area contributed by atoms with Gasteiger partial charge in [-0.3, -0.25) is 0 Å². The molecular weight excluding hydrogens is 246 g/mol. The number of nitrogens with one attached hydrogen (secondary N) is 1. The van der Waals surface area contributed by atoms with E-state index in [0.29, 0.717) is 12.5 Å². The highest BCUT2D eigenvalue weighted by Crippen LogP contribution is 2.28. The first-order valence-electron chi connectivity index (χ1n) is 7.17. The molecule has 0 aliphatic heterocycles. The first kappa shape index (κ1) is 14.6. The van der Waals surface area contributed by atoms with Gasteiger partial charge in [-0.15, -0.1) is 0 Å². The maximum Gasteiger partial charge on any atom is 0.124 e. The van der Waals surface area contributed by atoms with Gasteiger partial charge in [0.1, 0.15) is 12.4 Å². The van der Waals surface area contributed by atoms with Crippen LogP contribution in [-0.4, -0.2) is 13.2 Å². The Labute approximate surface area is 121 Å². The van der Waals surface area contributed by atoms with Crippen LogP contribution >= 0.6 is 0 Å². The van der Waals surface area contributed by atoms with E-state index < -0.39 is 0 Å². The van der Waals surface area contributed by atoms with Gasteiger partial charge in [0.25, 0.3) is 0 Å². The Hall–Kier alpha value is -1.80. The van der Waals surface area contributed by atoms with Crippen LogP contribution in [0.15, 0.2) is 49.1 Å². The highest BCUT2D eigenvalue weighted by Gasteiger charge is 2.08. The Morgan fingerprint density at radius 1 is 1.20 bits per heavy atom. The van der Waals surface area contributed by atoms with Gasteiger partial charge in [-0.1, -0.05) is 56.8 Å². The summed E-state index contributed by atoms with van der Waals surface area (Å²) in [5, 5.41) is 6.01. The average Bonchev–Trinajstić information content (AvgIpc) is 2.45. The molecule has 0 spiro atoms. The van der Waals surface area contributed by atoms with Gasteiger partial charge in [0, 0.05) is 12.1 Å². The van der Waals surface area contributed by atoms with Crippen LogP contribution in [0.25, 0.3) is 10.8 Å². The van der Waals surface area contributed by atoms with Gasteiger partial charge in [0.15, 0.2) is 0 Å². The van der Waals surface area contributed by atoms with Crippen molar-refractivity contribution in [1.29, 1.82) is 0 Å². The van der Waals surface area contributed by atoms with Crippen LogP contribution in [0, 0.1) is 5.92 Å². The Kier molecular flexibility index (Phi) is 5.19. The van der Waals surface area contributed by atoms with Crippen LogP contribution < -0.4 is 10.1 Å². The lowest BCUT2D eigenvalue weighted by Gasteiger charge is -2.15. The fourth-order valence-electron chi connectivity index (χ4n) is 2.27. The molecule has 0 bridgehead atoms. The third-order valence-corrected chi connectivity index (χ3v) is 3.21. The topological polar surface area (TPSA) is 21.3 Å². The molecular formula is C18H23NO. The number of rotatable bonds is 7. The molecule has 0 atom stereocenters. The summed E-state index contributed by atoms with van der Waals surface area (Å²) in [6, 6.07) is 12.6. The summed E-state index contributed by atoms with van der Waals surface area (Å²) in [6.45, 7) is 10.5. The standard InChI is InChI=1S/C18H23NO/c1-4-11-20-18-10-9-15-7-5-6-8-16(15)17(18)13-19-12-14(2)3/h4-10,14,19H,1,11-13H2,2-3H3. The zero-order chi connectivity index (χ0) is 14.4. The monoisotopic (exact) mass is 269 g/mol. The van der Waals surface area contributed by atoms with Crippen molar-refractivity contribution in [2.24, 2.45) is 5.92 Å². The van der Waals surface area contributed by atoms with E-state index in [0.717, 1.165) is 18.8 Å². The molecule has 2 rings (SSSR count). The molecule has 0 fully saturated rings. The molecule has 0 amide bonds. The minimum absolute atomic E-state index is 0.537. The Balaban J connectivity index is 2.31. The first-order valence-corrected chi connectivity index (χ1v) is 7.17. The smallest absolute Gasteiger partial charge is 0.124 e. The van der Waals surface area contributed by atoms with Gasteiger partial charge < -0.3 is 10.1 Å². The van der Waals surface area contributed by atoms with Gasteiger partial charge in [0.05, 0.1) is 0 Å². The van der Waals surface area contributed by atoms with E-state index in [2.05, 4.69) is 62.1 Å². The van der Waals surface area contributed by atoms with Crippen LogP contribution in [0.3, 0.4) is 0 Å². The van der Waals surface area contributed by atoms with Gasteiger partial charge in [-0.25, -0.2) is 0 Å². The molecule has 2 nitrogen and oxygen atoms in total. The van der Waals surface area contributed by atoms with Crippen molar-refractivity contribution in [1.82, 2.24) is 5.32 Å². The second kappa shape index (κ2) is 7.11. The second-order valence-corrected chi connectivity index (χ2v) is 5.39. The number of hydrogen-bond donors (Lipinski definition) is 1. The minimum Gasteiger partial charge on any atom is -0.489 e. The quantitative estimate of drug-likeness (QED) is 0.762. The van der Waals surface area contributed by atoms with Crippen molar-refractivity contribution in [3.63, 3.8) is 0 Å². The number of hydrogen-bond acceptors (Lipinski definition) is 2. The Morgan fingerprint density at radius 3 is 2.75 bits per heavy atom. The molecule has 2 aromatic carbocycles. The lowest BCUT2D eigenvalue weighted by Crippen LogP contribution is -2.19. The summed E-state index contributed by atoms with van der Waals surface area (Å²) < 4.78 is 5.79.